The van der Waals surface area contributed by atoms with Crippen molar-refractivity contribution in [3.63, 3.8) is 0 Å². The summed E-state index contributed by atoms with van der Waals surface area (Å²) >= 11 is 0. The molecule has 0 aliphatic heterocycles. The fourth-order valence-corrected chi connectivity index (χ4v) is 2.75. The smallest absolute Gasteiger partial charge is 0.268 e. The van der Waals surface area contributed by atoms with Crippen LogP contribution in [0.3, 0.4) is 0 Å². The highest BCUT2D eigenvalue weighted by Crippen LogP contribution is 2.26. The molecular weight excluding hydrogens is 354 g/mol. The van der Waals surface area contributed by atoms with E-state index in [0.29, 0.717) is 29.0 Å². The van der Waals surface area contributed by atoms with Gasteiger partial charge < -0.3 is 9.73 Å². The predicted molar refractivity (Wildman–Crippen MR) is 107 cm³/mol. The van der Waals surface area contributed by atoms with Gasteiger partial charge in [0.15, 0.2) is 0 Å². The Morgan fingerprint density at radius 3 is 2.46 bits per heavy atom. The van der Waals surface area contributed by atoms with Gasteiger partial charge in [0.2, 0.25) is 5.89 Å². The van der Waals surface area contributed by atoms with E-state index in [2.05, 4.69) is 48.3 Å². The van der Waals surface area contributed by atoms with Gasteiger partial charge in [-0.05, 0) is 43.0 Å². The summed E-state index contributed by atoms with van der Waals surface area (Å²) in [6.45, 7) is 12.1. The monoisotopic (exact) mass is 381 g/mol. The molecular formula is C21H27N5O2. The van der Waals surface area contributed by atoms with Crippen molar-refractivity contribution in [2.75, 3.05) is 0 Å². The number of nitrogens with zero attached hydrogens (tertiary/aromatic N) is 4. The number of aryl methyl sites for hydroxylation is 1. The van der Waals surface area contributed by atoms with Crippen molar-refractivity contribution in [2.45, 2.75) is 53.5 Å². The quantitative estimate of drug-likeness (QED) is 0.694. The molecule has 0 radical (unpaired) electrons. The van der Waals surface area contributed by atoms with E-state index in [4.69, 9.17) is 4.42 Å². The fraction of sp³-hybridized carbons (Fsp3) is 0.429. The van der Waals surface area contributed by atoms with Crippen molar-refractivity contribution >= 4 is 5.91 Å². The lowest BCUT2D eigenvalue weighted by Crippen LogP contribution is -2.36. The molecule has 2 heterocycles. The lowest BCUT2D eigenvalue weighted by atomic mass is 10.1. The Morgan fingerprint density at radius 2 is 1.86 bits per heavy atom. The molecule has 1 amide bonds. The number of amides is 1. The number of benzene rings is 1. The van der Waals surface area contributed by atoms with Crippen LogP contribution < -0.4 is 5.32 Å². The highest BCUT2D eigenvalue weighted by atomic mass is 16.4. The molecule has 7 heteroatoms. The molecule has 0 aliphatic carbocycles. The van der Waals surface area contributed by atoms with E-state index >= 15 is 0 Å². The van der Waals surface area contributed by atoms with Crippen LogP contribution in [0.4, 0.5) is 0 Å². The van der Waals surface area contributed by atoms with Gasteiger partial charge in [0.1, 0.15) is 5.69 Å². The van der Waals surface area contributed by atoms with Crippen molar-refractivity contribution < 1.29 is 9.21 Å². The van der Waals surface area contributed by atoms with Gasteiger partial charge in [-0.3, -0.25) is 4.79 Å². The summed E-state index contributed by atoms with van der Waals surface area (Å²) in [5, 5.41) is 15.6. The Labute approximate surface area is 165 Å². The van der Waals surface area contributed by atoms with Gasteiger partial charge in [-0.2, -0.15) is 5.10 Å². The summed E-state index contributed by atoms with van der Waals surface area (Å²) in [6.07, 6.45) is 0. The maximum absolute atomic E-state index is 12.6. The van der Waals surface area contributed by atoms with Crippen molar-refractivity contribution in [2.24, 2.45) is 5.92 Å². The van der Waals surface area contributed by atoms with E-state index in [9.17, 15) is 4.79 Å². The summed E-state index contributed by atoms with van der Waals surface area (Å²) in [7, 11) is 0. The first kappa shape index (κ1) is 19.8. The molecule has 2 aromatic heterocycles. The standard InChI is InChI=1S/C21H27N5O2/c1-12(2)14(5)22-20(27)16-8-7-9-17(10-16)26-19(13(3)4)11-18(25-26)21-24-23-15(6)28-21/h7-14H,1-6H3,(H,22,27)/t14-/m1/s1. The number of nitrogens with one attached hydrogen (secondary N) is 1. The first-order valence-corrected chi connectivity index (χ1v) is 9.58. The van der Waals surface area contributed by atoms with Crippen LogP contribution in [0.2, 0.25) is 0 Å². The molecule has 1 N–H and O–H groups in total. The van der Waals surface area contributed by atoms with Gasteiger partial charge in [-0.1, -0.05) is 33.8 Å². The molecule has 0 bridgehead atoms. The number of aromatic nitrogens is 4. The molecule has 0 spiro atoms. The topological polar surface area (TPSA) is 85.8 Å². The van der Waals surface area contributed by atoms with E-state index in [1.807, 2.05) is 41.9 Å². The zero-order valence-corrected chi connectivity index (χ0v) is 17.2. The van der Waals surface area contributed by atoms with Crippen molar-refractivity contribution in [3.05, 3.63) is 47.5 Å². The minimum atomic E-state index is -0.0888. The van der Waals surface area contributed by atoms with Gasteiger partial charge in [0.25, 0.3) is 11.8 Å². The summed E-state index contributed by atoms with van der Waals surface area (Å²) in [5.41, 5.74) is 3.04. The molecule has 0 saturated heterocycles. The van der Waals surface area contributed by atoms with Gasteiger partial charge in [-0.15, -0.1) is 10.2 Å². The molecule has 0 aliphatic rings. The molecule has 7 nitrogen and oxygen atoms in total. The maximum atomic E-state index is 12.6. The van der Waals surface area contributed by atoms with Gasteiger partial charge in [0.05, 0.1) is 5.69 Å². The van der Waals surface area contributed by atoms with E-state index in [1.165, 1.54) is 0 Å². The lowest BCUT2D eigenvalue weighted by Gasteiger charge is -2.18. The molecule has 3 aromatic rings. The van der Waals surface area contributed by atoms with Gasteiger partial charge in [-0.25, -0.2) is 4.68 Å². The Balaban J connectivity index is 1.97. The minimum Gasteiger partial charge on any atom is -0.420 e. The predicted octanol–water partition coefficient (Wildman–Crippen LogP) is 4.13. The summed E-state index contributed by atoms with van der Waals surface area (Å²) in [5.74, 6) is 1.38. The second kappa shape index (κ2) is 7.96. The lowest BCUT2D eigenvalue weighted by molar-refractivity contribution is 0.0930. The maximum Gasteiger partial charge on any atom is 0.268 e. The first-order chi connectivity index (χ1) is 13.3. The molecule has 1 aromatic carbocycles. The third kappa shape index (κ3) is 4.13. The third-order valence-electron chi connectivity index (χ3n) is 4.79. The average molecular weight is 381 g/mol. The van der Waals surface area contributed by atoms with Crippen LogP contribution >= 0.6 is 0 Å². The molecule has 1 atom stereocenters. The highest BCUT2D eigenvalue weighted by molar-refractivity contribution is 5.94. The van der Waals surface area contributed by atoms with Crippen LogP contribution in [-0.4, -0.2) is 31.9 Å². The van der Waals surface area contributed by atoms with Gasteiger partial charge >= 0.3 is 0 Å². The number of hydrogen-bond acceptors (Lipinski definition) is 5. The molecule has 3 rings (SSSR count). The zero-order valence-electron chi connectivity index (χ0n) is 17.2. The highest BCUT2D eigenvalue weighted by Gasteiger charge is 2.19. The third-order valence-corrected chi connectivity index (χ3v) is 4.79. The van der Waals surface area contributed by atoms with Crippen LogP contribution in [0.25, 0.3) is 17.3 Å². The van der Waals surface area contributed by atoms with Crippen molar-refractivity contribution in [1.82, 2.24) is 25.3 Å². The summed E-state index contributed by atoms with van der Waals surface area (Å²) in [6, 6.07) is 9.51. The summed E-state index contributed by atoms with van der Waals surface area (Å²) < 4.78 is 7.35. The second-order valence-corrected chi connectivity index (χ2v) is 7.70. The number of hydrogen-bond donors (Lipinski definition) is 1. The van der Waals surface area contributed by atoms with Crippen LogP contribution in [0.15, 0.2) is 34.7 Å². The van der Waals surface area contributed by atoms with Gasteiger partial charge in [0, 0.05) is 24.2 Å². The Morgan fingerprint density at radius 1 is 1.11 bits per heavy atom. The van der Waals surface area contributed by atoms with Crippen molar-refractivity contribution in [1.29, 1.82) is 0 Å². The number of carbonyl (C=O) groups excluding carboxylic acids is 1. The van der Waals surface area contributed by atoms with E-state index < -0.39 is 0 Å². The molecule has 0 saturated carbocycles. The molecule has 0 unspecified atom stereocenters. The molecule has 28 heavy (non-hydrogen) atoms. The molecule has 148 valence electrons. The van der Waals surface area contributed by atoms with Crippen molar-refractivity contribution in [3.8, 4) is 17.3 Å². The normalized spacial score (nSPS) is 12.6. The Bertz CT molecular complexity index is 971. The first-order valence-electron chi connectivity index (χ1n) is 9.58. The average Bonchev–Trinajstić information content (AvgIpc) is 3.28. The molecule has 0 fully saturated rings. The van der Waals surface area contributed by atoms with Crippen LogP contribution in [0, 0.1) is 12.8 Å². The Hall–Kier alpha value is -2.96. The largest absolute Gasteiger partial charge is 0.420 e. The zero-order chi connectivity index (χ0) is 20.4. The van der Waals surface area contributed by atoms with E-state index in [0.717, 1.165) is 11.4 Å². The van der Waals surface area contributed by atoms with Crippen LogP contribution in [0.1, 0.15) is 62.5 Å². The fourth-order valence-electron chi connectivity index (χ4n) is 2.75. The summed E-state index contributed by atoms with van der Waals surface area (Å²) in [4.78, 5) is 12.6. The Kier molecular flexibility index (Phi) is 5.63. The minimum absolute atomic E-state index is 0.0888. The number of rotatable bonds is 6. The SMILES string of the molecule is Cc1nnc(-c2cc(C(C)C)n(-c3cccc(C(=O)N[C@H](C)C(C)C)c3)n2)o1. The van der Waals surface area contributed by atoms with Crippen LogP contribution in [0.5, 0.6) is 0 Å². The van der Waals surface area contributed by atoms with Crippen LogP contribution in [-0.2, 0) is 0 Å². The number of carbonyl (C=O) groups is 1. The van der Waals surface area contributed by atoms with E-state index in [1.54, 1.807) is 6.92 Å². The van der Waals surface area contributed by atoms with E-state index in [-0.39, 0.29) is 17.9 Å². The second-order valence-electron chi connectivity index (χ2n) is 7.70.